The molecule has 2 aromatic rings. The number of para-hydroxylation sites is 1. The van der Waals surface area contributed by atoms with E-state index in [0.29, 0.717) is 25.9 Å². The summed E-state index contributed by atoms with van der Waals surface area (Å²) in [6.07, 6.45) is -0.935. The molecule has 0 bridgehead atoms. The number of piperidine rings is 1. The minimum absolute atomic E-state index is 0.198. The molecule has 2 N–H and O–H groups in total. The number of rotatable bonds is 3. The van der Waals surface area contributed by atoms with Gasteiger partial charge >= 0.3 is 6.18 Å². The molecule has 0 aliphatic carbocycles. The van der Waals surface area contributed by atoms with E-state index in [4.69, 9.17) is 0 Å². The van der Waals surface area contributed by atoms with Crippen LogP contribution in [0.5, 0.6) is 0 Å². The maximum atomic E-state index is 12.4. The van der Waals surface area contributed by atoms with E-state index in [2.05, 4.69) is 15.5 Å². The summed E-state index contributed by atoms with van der Waals surface area (Å²) in [5.41, 5.74) is 1.90. The van der Waals surface area contributed by atoms with E-state index in [1.54, 1.807) is 6.20 Å². The first kappa shape index (κ1) is 14.2. The van der Waals surface area contributed by atoms with Crippen molar-refractivity contribution in [2.75, 3.05) is 25.0 Å². The van der Waals surface area contributed by atoms with Crippen molar-refractivity contribution in [2.45, 2.75) is 25.1 Å². The van der Waals surface area contributed by atoms with E-state index < -0.39 is 12.7 Å². The number of aromatic amines is 1. The highest BCUT2D eigenvalue weighted by Gasteiger charge is 2.32. The van der Waals surface area contributed by atoms with E-state index >= 15 is 0 Å². The fourth-order valence-corrected chi connectivity index (χ4v) is 2.80. The number of halogens is 3. The van der Waals surface area contributed by atoms with Crippen LogP contribution in [0, 0.1) is 0 Å². The molecule has 7 heteroatoms. The zero-order valence-corrected chi connectivity index (χ0v) is 11.5. The van der Waals surface area contributed by atoms with Crippen molar-refractivity contribution in [3.63, 3.8) is 0 Å². The van der Waals surface area contributed by atoms with Crippen LogP contribution in [0.1, 0.15) is 12.8 Å². The van der Waals surface area contributed by atoms with Gasteiger partial charge in [0.2, 0.25) is 0 Å². The van der Waals surface area contributed by atoms with Crippen molar-refractivity contribution < 1.29 is 13.2 Å². The highest BCUT2D eigenvalue weighted by molar-refractivity contribution is 5.89. The fraction of sp³-hybridized carbons (Fsp3) is 0.500. The van der Waals surface area contributed by atoms with E-state index in [1.807, 2.05) is 18.2 Å². The smallest absolute Gasteiger partial charge is 0.380 e. The maximum absolute atomic E-state index is 12.4. The lowest BCUT2D eigenvalue weighted by molar-refractivity contribution is -0.147. The number of hydrogen-bond donors (Lipinski definition) is 2. The molecule has 0 spiro atoms. The normalized spacial score (nSPS) is 18.2. The Balaban J connectivity index is 1.59. The largest absolute Gasteiger partial charge is 0.401 e. The van der Waals surface area contributed by atoms with Crippen molar-refractivity contribution in [1.82, 2.24) is 15.1 Å². The number of nitrogens with zero attached hydrogens (tertiary/aromatic N) is 2. The third-order valence-corrected chi connectivity index (χ3v) is 3.83. The molecule has 2 heterocycles. The third-order valence-electron chi connectivity index (χ3n) is 3.83. The minimum atomic E-state index is -4.11. The van der Waals surface area contributed by atoms with Gasteiger partial charge in [-0.3, -0.25) is 10.00 Å². The Kier molecular flexibility index (Phi) is 3.75. The highest BCUT2D eigenvalue weighted by atomic mass is 19.4. The molecule has 0 unspecified atom stereocenters. The Labute approximate surface area is 120 Å². The average molecular weight is 298 g/mol. The van der Waals surface area contributed by atoms with Gasteiger partial charge in [0, 0.05) is 24.5 Å². The van der Waals surface area contributed by atoms with Crippen LogP contribution in [0.25, 0.3) is 10.9 Å². The maximum Gasteiger partial charge on any atom is 0.401 e. The summed E-state index contributed by atoms with van der Waals surface area (Å²) < 4.78 is 37.1. The van der Waals surface area contributed by atoms with Crippen LogP contribution in [0.15, 0.2) is 24.4 Å². The summed E-state index contributed by atoms with van der Waals surface area (Å²) in [5.74, 6) is 0. The molecule has 3 rings (SSSR count). The number of aromatic nitrogens is 2. The molecule has 0 amide bonds. The Morgan fingerprint density at radius 3 is 2.76 bits per heavy atom. The number of likely N-dealkylation sites (tertiary alicyclic amines) is 1. The van der Waals surface area contributed by atoms with Crippen molar-refractivity contribution in [3.8, 4) is 0 Å². The molecule has 1 saturated heterocycles. The van der Waals surface area contributed by atoms with Crippen molar-refractivity contribution in [3.05, 3.63) is 24.4 Å². The number of fused-ring (bicyclic) bond motifs is 1. The molecule has 1 aliphatic rings. The molecular formula is C14H17F3N4. The van der Waals surface area contributed by atoms with Gasteiger partial charge in [0.25, 0.3) is 0 Å². The molecule has 21 heavy (non-hydrogen) atoms. The average Bonchev–Trinajstić information content (AvgIpc) is 2.89. The summed E-state index contributed by atoms with van der Waals surface area (Å²) >= 11 is 0. The third kappa shape index (κ3) is 3.47. The highest BCUT2D eigenvalue weighted by Crippen LogP contribution is 2.25. The van der Waals surface area contributed by atoms with Gasteiger partial charge in [-0.2, -0.15) is 18.3 Å². The number of anilines is 1. The van der Waals surface area contributed by atoms with Gasteiger partial charge in [-0.25, -0.2) is 0 Å². The Bertz CT molecular complexity index is 600. The zero-order chi connectivity index (χ0) is 14.9. The molecule has 4 nitrogen and oxygen atoms in total. The summed E-state index contributed by atoms with van der Waals surface area (Å²) in [5, 5.41) is 11.4. The molecule has 0 radical (unpaired) electrons. The standard InChI is InChI=1S/C14H17F3N4/c15-14(16,17)9-21-6-4-11(5-7-21)19-12-3-1-2-10-8-18-20-13(10)12/h1-3,8,11,19H,4-7,9H2,(H,18,20). The molecule has 1 aromatic carbocycles. The molecular weight excluding hydrogens is 281 g/mol. The Morgan fingerprint density at radius 1 is 1.29 bits per heavy atom. The van der Waals surface area contributed by atoms with Crippen LogP contribution in [-0.4, -0.2) is 46.9 Å². The Hall–Kier alpha value is -1.76. The zero-order valence-electron chi connectivity index (χ0n) is 11.5. The van der Waals surface area contributed by atoms with Crippen molar-refractivity contribution >= 4 is 16.6 Å². The molecule has 1 fully saturated rings. The summed E-state index contributed by atoms with van der Waals surface area (Å²) in [7, 11) is 0. The van der Waals surface area contributed by atoms with Crippen LogP contribution >= 0.6 is 0 Å². The van der Waals surface area contributed by atoms with E-state index in [0.717, 1.165) is 16.6 Å². The quantitative estimate of drug-likeness (QED) is 0.915. The molecule has 0 saturated carbocycles. The first-order valence-electron chi connectivity index (χ1n) is 6.99. The number of alkyl halides is 3. The van der Waals surface area contributed by atoms with Crippen LogP contribution in [0.4, 0.5) is 18.9 Å². The second-order valence-corrected chi connectivity index (χ2v) is 5.45. The summed E-state index contributed by atoms with van der Waals surface area (Å²) in [6.45, 7) is 0.127. The second kappa shape index (κ2) is 5.55. The van der Waals surface area contributed by atoms with Crippen LogP contribution < -0.4 is 5.32 Å². The van der Waals surface area contributed by atoms with E-state index in [1.165, 1.54) is 4.90 Å². The second-order valence-electron chi connectivity index (χ2n) is 5.45. The van der Waals surface area contributed by atoms with E-state index in [-0.39, 0.29) is 6.04 Å². The minimum Gasteiger partial charge on any atom is -0.380 e. The van der Waals surface area contributed by atoms with Crippen LogP contribution in [0.2, 0.25) is 0 Å². The van der Waals surface area contributed by atoms with Gasteiger partial charge in [-0.15, -0.1) is 0 Å². The molecule has 0 atom stereocenters. The first-order valence-corrected chi connectivity index (χ1v) is 6.99. The summed E-state index contributed by atoms with van der Waals surface area (Å²) in [4.78, 5) is 1.47. The number of benzene rings is 1. The topological polar surface area (TPSA) is 44.0 Å². The lowest BCUT2D eigenvalue weighted by Gasteiger charge is -2.33. The van der Waals surface area contributed by atoms with Gasteiger partial charge < -0.3 is 5.32 Å². The SMILES string of the molecule is FC(F)(F)CN1CCC(Nc2cccc3cn[nH]c23)CC1. The number of hydrogen-bond acceptors (Lipinski definition) is 3. The molecule has 114 valence electrons. The summed E-state index contributed by atoms with van der Waals surface area (Å²) in [6, 6.07) is 6.07. The number of H-pyrrole nitrogens is 1. The van der Waals surface area contributed by atoms with Gasteiger partial charge in [0.1, 0.15) is 0 Å². The van der Waals surface area contributed by atoms with Crippen molar-refractivity contribution in [1.29, 1.82) is 0 Å². The fourth-order valence-electron chi connectivity index (χ4n) is 2.80. The molecule has 1 aromatic heterocycles. The van der Waals surface area contributed by atoms with Gasteiger partial charge in [-0.1, -0.05) is 12.1 Å². The predicted octanol–water partition coefficient (Wildman–Crippen LogP) is 3.00. The first-order chi connectivity index (χ1) is 10.0. The van der Waals surface area contributed by atoms with Crippen LogP contribution in [0.3, 0.4) is 0 Å². The Morgan fingerprint density at radius 2 is 2.05 bits per heavy atom. The molecule has 1 aliphatic heterocycles. The van der Waals surface area contributed by atoms with E-state index in [9.17, 15) is 13.2 Å². The van der Waals surface area contributed by atoms with Gasteiger partial charge in [0.15, 0.2) is 0 Å². The van der Waals surface area contributed by atoms with Gasteiger partial charge in [0.05, 0.1) is 23.9 Å². The lowest BCUT2D eigenvalue weighted by atomic mass is 10.0. The van der Waals surface area contributed by atoms with Gasteiger partial charge in [-0.05, 0) is 18.9 Å². The lowest BCUT2D eigenvalue weighted by Crippen LogP contribution is -2.43. The predicted molar refractivity (Wildman–Crippen MR) is 75.2 cm³/mol. The monoisotopic (exact) mass is 298 g/mol. The van der Waals surface area contributed by atoms with Crippen molar-refractivity contribution in [2.24, 2.45) is 0 Å². The van der Waals surface area contributed by atoms with Crippen LogP contribution in [-0.2, 0) is 0 Å². The number of nitrogens with one attached hydrogen (secondary N) is 2.